The molecule has 1 aliphatic heterocycles. The summed E-state index contributed by atoms with van der Waals surface area (Å²) in [5.41, 5.74) is 2.35. The number of ether oxygens (including phenoxy) is 1. The molecule has 0 bridgehead atoms. The van der Waals surface area contributed by atoms with E-state index in [1.54, 1.807) is 7.05 Å². The molecule has 1 saturated heterocycles. The molecule has 1 aromatic heterocycles. The van der Waals surface area contributed by atoms with Crippen molar-refractivity contribution >= 4 is 35.8 Å². The van der Waals surface area contributed by atoms with E-state index < -0.39 is 0 Å². The van der Waals surface area contributed by atoms with Crippen LogP contribution in [0.3, 0.4) is 0 Å². The van der Waals surface area contributed by atoms with E-state index in [9.17, 15) is 0 Å². The number of nitrogens with zero attached hydrogens (tertiary/aromatic N) is 4. The number of anilines is 1. The van der Waals surface area contributed by atoms with Crippen molar-refractivity contribution in [1.82, 2.24) is 20.5 Å². The van der Waals surface area contributed by atoms with Gasteiger partial charge < -0.3 is 25.2 Å². The van der Waals surface area contributed by atoms with Crippen LogP contribution in [0, 0.1) is 0 Å². The first-order valence-corrected chi connectivity index (χ1v) is 11.1. The fourth-order valence-electron chi connectivity index (χ4n) is 3.51. The van der Waals surface area contributed by atoms with Crippen molar-refractivity contribution in [3.63, 3.8) is 0 Å². The number of likely N-dealkylation sites (N-methyl/N-ethyl adjacent to an activating group) is 1. The van der Waals surface area contributed by atoms with Crippen LogP contribution < -0.4 is 15.5 Å². The summed E-state index contributed by atoms with van der Waals surface area (Å²) in [6.45, 7) is 8.53. The van der Waals surface area contributed by atoms with Crippen LogP contribution in [0.5, 0.6) is 0 Å². The average molecular weight is 553 g/mol. The predicted octanol–water partition coefficient (Wildman–Crippen LogP) is 3.28. The standard InChI is InChI=1S/C24H36N6O.HI/c1-20(22-8-5-4-6-9-22)31-17-7-12-26-24(25-2)28-19-21-10-11-23(27-18-21)30-15-13-29(3)14-16-30;/h4-6,8-11,18,20H,7,12-17,19H2,1-3H3,(H2,25,26,28);1H. The first kappa shape index (κ1) is 26.3. The molecule has 3 rings (SSSR count). The number of nitrogens with one attached hydrogen (secondary N) is 2. The van der Waals surface area contributed by atoms with Crippen molar-refractivity contribution in [3.8, 4) is 0 Å². The third kappa shape index (κ3) is 8.55. The smallest absolute Gasteiger partial charge is 0.191 e. The molecule has 0 amide bonds. The zero-order chi connectivity index (χ0) is 21.9. The zero-order valence-electron chi connectivity index (χ0n) is 19.5. The summed E-state index contributed by atoms with van der Waals surface area (Å²) in [5, 5.41) is 6.70. The third-order valence-electron chi connectivity index (χ3n) is 5.57. The minimum atomic E-state index is 0. The fourth-order valence-corrected chi connectivity index (χ4v) is 3.51. The Balaban J connectivity index is 0.00000363. The SMILES string of the molecule is CN=C(NCCCOC(C)c1ccccc1)NCc1ccc(N2CCN(C)CC2)nc1.I. The Labute approximate surface area is 209 Å². The molecule has 1 aromatic carbocycles. The molecule has 0 spiro atoms. The molecule has 1 fully saturated rings. The largest absolute Gasteiger partial charge is 0.374 e. The van der Waals surface area contributed by atoms with E-state index in [2.05, 4.69) is 68.6 Å². The van der Waals surface area contributed by atoms with Gasteiger partial charge in [-0.2, -0.15) is 0 Å². The number of benzene rings is 1. The second-order valence-electron chi connectivity index (χ2n) is 7.94. The summed E-state index contributed by atoms with van der Waals surface area (Å²) in [4.78, 5) is 13.6. The molecule has 1 aliphatic rings. The Morgan fingerprint density at radius 3 is 2.50 bits per heavy atom. The maximum Gasteiger partial charge on any atom is 0.191 e. The van der Waals surface area contributed by atoms with Gasteiger partial charge in [-0.3, -0.25) is 4.99 Å². The topological polar surface area (TPSA) is 65.0 Å². The number of pyridine rings is 1. The van der Waals surface area contributed by atoms with Crippen LogP contribution in [0.25, 0.3) is 0 Å². The number of halogens is 1. The van der Waals surface area contributed by atoms with Gasteiger partial charge in [-0.15, -0.1) is 24.0 Å². The van der Waals surface area contributed by atoms with Crippen molar-refractivity contribution < 1.29 is 4.74 Å². The van der Waals surface area contributed by atoms with Crippen molar-refractivity contribution in [3.05, 3.63) is 59.8 Å². The lowest BCUT2D eigenvalue weighted by Gasteiger charge is -2.33. The molecule has 8 heteroatoms. The minimum Gasteiger partial charge on any atom is -0.374 e. The summed E-state index contributed by atoms with van der Waals surface area (Å²) in [5.74, 6) is 1.85. The Bertz CT molecular complexity index is 794. The van der Waals surface area contributed by atoms with E-state index in [0.29, 0.717) is 13.2 Å². The highest BCUT2D eigenvalue weighted by molar-refractivity contribution is 14.0. The number of guanidine groups is 1. The second-order valence-corrected chi connectivity index (χ2v) is 7.94. The predicted molar refractivity (Wildman–Crippen MR) is 143 cm³/mol. The highest BCUT2D eigenvalue weighted by Gasteiger charge is 2.14. The summed E-state index contributed by atoms with van der Waals surface area (Å²) < 4.78 is 5.92. The maximum absolute atomic E-state index is 5.92. The number of aromatic nitrogens is 1. The second kappa shape index (κ2) is 14.3. The van der Waals surface area contributed by atoms with E-state index >= 15 is 0 Å². The Morgan fingerprint density at radius 2 is 1.84 bits per heavy atom. The minimum absolute atomic E-state index is 0. The van der Waals surface area contributed by atoms with Gasteiger partial charge >= 0.3 is 0 Å². The molecule has 2 aromatic rings. The molecule has 176 valence electrons. The lowest BCUT2D eigenvalue weighted by Crippen LogP contribution is -2.44. The highest BCUT2D eigenvalue weighted by atomic mass is 127. The first-order valence-electron chi connectivity index (χ1n) is 11.1. The lowest BCUT2D eigenvalue weighted by molar-refractivity contribution is 0.0646. The van der Waals surface area contributed by atoms with Gasteiger partial charge in [0, 0.05) is 59.1 Å². The monoisotopic (exact) mass is 552 g/mol. The lowest BCUT2D eigenvalue weighted by atomic mass is 10.1. The van der Waals surface area contributed by atoms with Crippen molar-refractivity contribution in [1.29, 1.82) is 0 Å². The molecule has 0 saturated carbocycles. The third-order valence-corrected chi connectivity index (χ3v) is 5.57. The van der Waals surface area contributed by atoms with Crippen LogP contribution in [0.4, 0.5) is 5.82 Å². The van der Waals surface area contributed by atoms with Gasteiger partial charge in [0.15, 0.2) is 5.96 Å². The molecule has 1 atom stereocenters. The summed E-state index contributed by atoms with van der Waals surface area (Å²) >= 11 is 0. The van der Waals surface area contributed by atoms with Crippen LogP contribution >= 0.6 is 24.0 Å². The summed E-state index contributed by atoms with van der Waals surface area (Å²) in [6, 6.07) is 14.6. The quantitative estimate of drug-likeness (QED) is 0.216. The number of rotatable bonds is 9. The van der Waals surface area contributed by atoms with Crippen molar-refractivity contribution in [2.45, 2.75) is 26.0 Å². The Morgan fingerprint density at radius 1 is 1.09 bits per heavy atom. The van der Waals surface area contributed by atoms with Gasteiger partial charge in [0.05, 0.1) is 6.10 Å². The van der Waals surface area contributed by atoms with E-state index in [1.165, 1.54) is 5.56 Å². The number of piperazine rings is 1. The summed E-state index contributed by atoms with van der Waals surface area (Å²) in [6.07, 6.45) is 2.98. The van der Waals surface area contributed by atoms with E-state index in [0.717, 1.165) is 56.5 Å². The van der Waals surface area contributed by atoms with E-state index in [1.807, 2.05) is 24.4 Å². The molecular weight excluding hydrogens is 515 g/mol. The van der Waals surface area contributed by atoms with E-state index in [4.69, 9.17) is 4.74 Å². The van der Waals surface area contributed by atoms with Gasteiger partial charge in [0.25, 0.3) is 0 Å². The number of aliphatic imine (C=N–C) groups is 1. The normalized spacial score (nSPS) is 15.7. The van der Waals surface area contributed by atoms with Gasteiger partial charge in [-0.05, 0) is 37.6 Å². The Kier molecular flexibility index (Phi) is 11.8. The van der Waals surface area contributed by atoms with Gasteiger partial charge in [-0.25, -0.2) is 4.98 Å². The number of hydrogen-bond acceptors (Lipinski definition) is 5. The molecule has 32 heavy (non-hydrogen) atoms. The fraction of sp³-hybridized carbons (Fsp3) is 0.500. The molecular formula is C24H37IN6O. The zero-order valence-corrected chi connectivity index (χ0v) is 21.8. The summed E-state index contributed by atoms with van der Waals surface area (Å²) in [7, 11) is 3.96. The molecule has 1 unspecified atom stereocenters. The van der Waals surface area contributed by atoms with Crippen molar-refractivity contribution in [2.75, 3.05) is 58.3 Å². The maximum atomic E-state index is 5.92. The van der Waals surface area contributed by atoms with Crippen LogP contribution in [-0.4, -0.2) is 69.3 Å². The van der Waals surface area contributed by atoms with Crippen LogP contribution in [0.15, 0.2) is 53.7 Å². The average Bonchev–Trinajstić information content (AvgIpc) is 2.82. The van der Waals surface area contributed by atoms with Crippen molar-refractivity contribution in [2.24, 2.45) is 4.99 Å². The van der Waals surface area contributed by atoms with E-state index in [-0.39, 0.29) is 30.1 Å². The molecule has 0 aliphatic carbocycles. The van der Waals surface area contributed by atoms with Crippen LogP contribution in [0.2, 0.25) is 0 Å². The molecule has 7 nitrogen and oxygen atoms in total. The van der Waals surface area contributed by atoms with Crippen LogP contribution in [0.1, 0.15) is 30.6 Å². The molecule has 2 N–H and O–H groups in total. The van der Waals surface area contributed by atoms with Gasteiger partial charge in [0.2, 0.25) is 0 Å². The van der Waals surface area contributed by atoms with Gasteiger partial charge in [0.1, 0.15) is 5.82 Å². The molecule has 2 heterocycles. The molecule has 0 radical (unpaired) electrons. The Hall–Kier alpha value is -1.91. The number of hydrogen-bond donors (Lipinski definition) is 2. The first-order chi connectivity index (χ1) is 15.2. The highest BCUT2D eigenvalue weighted by Crippen LogP contribution is 2.16. The van der Waals surface area contributed by atoms with Gasteiger partial charge in [-0.1, -0.05) is 36.4 Å². The van der Waals surface area contributed by atoms with Crippen LogP contribution in [-0.2, 0) is 11.3 Å².